The third-order valence-corrected chi connectivity index (χ3v) is 3.91. The fourth-order valence-electron chi connectivity index (χ4n) is 2.69. The summed E-state index contributed by atoms with van der Waals surface area (Å²) in [5.41, 5.74) is 3.09. The van der Waals surface area contributed by atoms with Crippen molar-refractivity contribution in [1.29, 1.82) is 0 Å². The summed E-state index contributed by atoms with van der Waals surface area (Å²) in [4.78, 5) is 11.9. The van der Waals surface area contributed by atoms with Crippen molar-refractivity contribution in [3.05, 3.63) is 29.3 Å². The normalized spacial score (nSPS) is 22.9. The molecule has 0 radical (unpaired) electrons. The molecular formula is C16H23NO2. The van der Waals surface area contributed by atoms with Gasteiger partial charge in [-0.3, -0.25) is 5.32 Å². The molecule has 104 valence electrons. The topological polar surface area (TPSA) is 38.3 Å². The van der Waals surface area contributed by atoms with Crippen LogP contribution in [0.1, 0.15) is 43.7 Å². The van der Waals surface area contributed by atoms with E-state index in [0.717, 1.165) is 30.5 Å². The third-order valence-electron chi connectivity index (χ3n) is 3.91. The van der Waals surface area contributed by atoms with Crippen LogP contribution in [0.5, 0.6) is 0 Å². The number of hydrogen-bond donors (Lipinski definition) is 1. The average molecular weight is 261 g/mol. The average Bonchev–Trinajstić information content (AvgIpc) is 2.36. The van der Waals surface area contributed by atoms with Crippen LogP contribution >= 0.6 is 0 Å². The highest BCUT2D eigenvalue weighted by atomic mass is 16.6. The lowest BCUT2D eigenvalue weighted by molar-refractivity contribution is 0.0524. The third kappa shape index (κ3) is 3.72. The number of rotatable bonds is 2. The first-order chi connectivity index (χ1) is 9.06. The Morgan fingerprint density at radius 3 is 2.68 bits per heavy atom. The van der Waals surface area contributed by atoms with Crippen molar-refractivity contribution in [2.45, 2.75) is 52.6 Å². The van der Waals surface area contributed by atoms with Crippen molar-refractivity contribution in [1.82, 2.24) is 0 Å². The van der Waals surface area contributed by atoms with Gasteiger partial charge in [-0.05, 0) is 50.7 Å². The Morgan fingerprint density at radius 2 is 2.00 bits per heavy atom. The van der Waals surface area contributed by atoms with Crippen molar-refractivity contribution in [3.63, 3.8) is 0 Å². The Morgan fingerprint density at radius 1 is 1.26 bits per heavy atom. The van der Waals surface area contributed by atoms with Crippen LogP contribution in [0.15, 0.2) is 18.2 Å². The maximum atomic E-state index is 11.9. The van der Waals surface area contributed by atoms with E-state index in [1.54, 1.807) is 0 Å². The van der Waals surface area contributed by atoms with Crippen LogP contribution in [0.2, 0.25) is 0 Å². The molecule has 1 aromatic carbocycles. The molecule has 1 saturated carbocycles. The van der Waals surface area contributed by atoms with Crippen molar-refractivity contribution in [3.8, 4) is 0 Å². The van der Waals surface area contributed by atoms with Crippen molar-refractivity contribution >= 4 is 11.8 Å². The van der Waals surface area contributed by atoms with Crippen LogP contribution in [-0.2, 0) is 4.74 Å². The van der Waals surface area contributed by atoms with E-state index in [2.05, 4.69) is 18.3 Å². The molecule has 0 saturated heterocycles. The van der Waals surface area contributed by atoms with E-state index >= 15 is 0 Å². The zero-order valence-electron chi connectivity index (χ0n) is 12.0. The molecule has 2 rings (SSSR count). The second-order valence-corrected chi connectivity index (χ2v) is 5.65. The van der Waals surface area contributed by atoms with Crippen LogP contribution in [0.25, 0.3) is 0 Å². The Hall–Kier alpha value is -1.51. The number of hydrogen-bond acceptors (Lipinski definition) is 2. The number of aryl methyl sites for hydroxylation is 2. The largest absolute Gasteiger partial charge is 0.446 e. The lowest BCUT2D eigenvalue weighted by Crippen LogP contribution is -2.30. The predicted octanol–water partition coefficient (Wildman–Crippen LogP) is 4.43. The van der Waals surface area contributed by atoms with Crippen LogP contribution in [0, 0.1) is 19.8 Å². The van der Waals surface area contributed by atoms with Crippen LogP contribution in [0.3, 0.4) is 0 Å². The van der Waals surface area contributed by atoms with E-state index in [0.29, 0.717) is 5.92 Å². The Kier molecular flexibility index (Phi) is 4.46. The zero-order chi connectivity index (χ0) is 13.8. The van der Waals surface area contributed by atoms with Gasteiger partial charge >= 0.3 is 6.09 Å². The zero-order valence-corrected chi connectivity index (χ0v) is 12.0. The van der Waals surface area contributed by atoms with Gasteiger partial charge in [0.15, 0.2) is 0 Å². The van der Waals surface area contributed by atoms with E-state index in [1.165, 1.54) is 12.0 Å². The van der Waals surface area contributed by atoms with Gasteiger partial charge < -0.3 is 4.74 Å². The van der Waals surface area contributed by atoms with Gasteiger partial charge in [0.1, 0.15) is 6.10 Å². The summed E-state index contributed by atoms with van der Waals surface area (Å²) in [6.07, 6.45) is 4.29. The summed E-state index contributed by atoms with van der Waals surface area (Å²) < 4.78 is 5.54. The lowest BCUT2D eigenvalue weighted by Gasteiger charge is -2.28. The summed E-state index contributed by atoms with van der Waals surface area (Å²) in [5, 5.41) is 2.84. The number of benzene rings is 1. The number of nitrogens with one attached hydrogen (secondary N) is 1. The van der Waals surface area contributed by atoms with Crippen LogP contribution in [0.4, 0.5) is 10.5 Å². The number of amides is 1. The summed E-state index contributed by atoms with van der Waals surface area (Å²) in [6, 6.07) is 5.97. The van der Waals surface area contributed by atoms with Crippen LogP contribution in [-0.4, -0.2) is 12.2 Å². The summed E-state index contributed by atoms with van der Waals surface area (Å²) in [6.45, 7) is 6.19. The molecule has 2 atom stereocenters. The molecule has 3 heteroatoms. The van der Waals surface area contributed by atoms with E-state index in [9.17, 15) is 4.79 Å². The van der Waals surface area contributed by atoms with E-state index in [4.69, 9.17) is 4.74 Å². The first kappa shape index (κ1) is 13.9. The Labute approximate surface area is 115 Å². The molecule has 1 amide bonds. The molecule has 1 aliphatic carbocycles. The standard InChI is InChI=1S/C16H23NO2/c1-11-8-9-14(13(3)10-11)17-16(18)19-15-7-5-4-6-12(15)2/h8-10,12,15H,4-7H2,1-3H3,(H,17,18). The molecule has 1 fully saturated rings. The van der Waals surface area contributed by atoms with Gasteiger partial charge in [0.25, 0.3) is 0 Å². The Balaban J connectivity index is 1.93. The Bertz CT molecular complexity index is 456. The molecule has 1 aliphatic rings. The molecular weight excluding hydrogens is 238 g/mol. The van der Waals surface area contributed by atoms with Crippen LogP contribution < -0.4 is 5.32 Å². The highest BCUT2D eigenvalue weighted by Gasteiger charge is 2.24. The van der Waals surface area contributed by atoms with E-state index in [1.807, 2.05) is 26.0 Å². The molecule has 19 heavy (non-hydrogen) atoms. The minimum Gasteiger partial charge on any atom is -0.446 e. The fourth-order valence-corrected chi connectivity index (χ4v) is 2.69. The first-order valence-corrected chi connectivity index (χ1v) is 7.11. The molecule has 2 unspecified atom stereocenters. The molecule has 1 aromatic rings. The second kappa shape index (κ2) is 6.09. The molecule has 0 spiro atoms. The smallest absolute Gasteiger partial charge is 0.411 e. The maximum Gasteiger partial charge on any atom is 0.411 e. The predicted molar refractivity (Wildman–Crippen MR) is 77.4 cm³/mol. The monoisotopic (exact) mass is 261 g/mol. The van der Waals surface area contributed by atoms with E-state index in [-0.39, 0.29) is 12.2 Å². The number of carbonyl (C=O) groups excluding carboxylic acids is 1. The minimum absolute atomic E-state index is 0.0690. The van der Waals surface area contributed by atoms with Crippen molar-refractivity contribution in [2.24, 2.45) is 5.92 Å². The highest BCUT2D eigenvalue weighted by Crippen LogP contribution is 2.26. The molecule has 0 bridgehead atoms. The van der Waals surface area contributed by atoms with Gasteiger partial charge in [-0.25, -0.2) is 4.79 Å². The molecule has 0 aliphatic heterocycles. The summed E-state index contributed by atoms with van der Waals surface area (Å²) in [5.74, 6) is 0.471. The van der Waals surface area contributed by atoms with Crippen molar-refractivity contribution in [2.75, 3.05) is 5.32 Å². The quantitative estimate of drug-likeness (QED) is 0.855. The van der Waals surface area contributed by atoms with Gasteiger partial charge in [-0.2, -0.15) is 0 Å². The summed E-state index contributed by atoms with van der Waals surface area (Å²) >= 11 is 0. The van der Waals surface area contributed by atoms with Gasteiger partial charge in [0, 0.05) is 5.69 Å². The minimum atomic E-state index is -0.328. The van der Waals surface area contributed by atoms with Gasteiger partial charge in [0.2, 0.25) is 0 Å². The van der Waals surface area contributed by atoms with Gasteiger partial charge in [-0.1, -0.05) is 31.0 Å². The number of anilines is 1. The first-order valence-electron chi connectivity index (χ1n) is 7.11. The number of ether oxygens (including phenoxy) is 1. The summed E-state index contributed by atoms with van der Waals surface area (Å²) in [7, 11) is 0. The molecule has 0 aromatic heterocycles. The second-order valence-electron chi connectivity index (χ2n) is 5.65. The maximum absolute atomic E-state index is 11.9. The number of carbonyl (C=O) groups is 1. The SMILES string of the molecule is Cc1ccc(NC(=O)OC2CCCCC2C)c(C)c1. The highest BCUT2D eigenvalue weighted by molar-refractivity contribution is 5.85. The molecule has 3 nitrogen and oxygen atoms in total. The fraction of sp³-hybridized carbons (Fsp3) is 0.562. The van der Waals surface area contributed by atoms with Gasteiger partial charge in [0.05, 0.1) is 0 Å². The van der Waals surface area contributed by atoms with Gasteiger partial charge in [-0.15, -0.1) is 0 Å². The molecule has 1 N–H and O–H groups in total. The lowest BCUT2D eigenvalue weighted by atomic mass is 9.88. The van der Waals surface area contributed by atoms with E-state index < -0.39 is 0 Å². The van der Waals surface area contributed by atoms with Crippen molar-refractivity contribution < 1.29 is 9.53 Å². The molecule has 0 heterocycles.